The Morgan fingerprint density at radius 2 is 1.53 bits per heavy atom. The van der Waals surface area contributed by atoms with E-state index in [0.717, 1.165) is 37.8 Å². The van der Waals surface area contributed by atoms with E-state index in [9.17, 15) is 5.11 Å². The second-order valence-electron chi connectivity index (χ2n) is 7.06. The first-order valence-corrected chi connectivity index (χ1v) is 8.65. The van der Waals surface area contributed by atoms with Crippen LogP contribution in [0.3, 0.4) is 0 Å². The molecule has 0 aromatic heterocycles. The summed E-state index contributed by atoms with van der Waals surface area (Å²) in [6.07, 6.45) is 14.0. The lowest BCUT2D eigenvalue weighted by Crippen LogP contribution is -2.42. The highest BCUT2D eigenvalue weighted by atomic mass is 16.3. The number of hydrogen-bond donors (Lipinski definition) is 2. The van der Waals surface area contributed by atoms with Gasteiger partial charge in [-0.05, 0) is 44.1 Å². The van der Waals surface area contributed by atoms with Crippen molar-refractivity contribution < 1.29 is 5.11 Å². The Morgan fingerprint density at radius 3 is 2.11 bits per heavy atom. The lowest BCUT2D eigenvalue weighted by atomic mass is 9.81. The van der Waals surface area contributed by atoms with Gasteiger partial charge < -0.3 is 10.4 Å². The average molecular weight is 267 g/mol. The number of rotatable bonds is 5. The van der Waals surface area contributed by atoms with Crippen molar-refractivity contribution in [2.75, 3.05) is 13.1 Å². The van der Waals surface area contributed by atoms with Crippen LogP contribution in [0.1, 0.15) is 77.6 Å². The molecule has 2 nitrogen and oxygen atoms in total. The molecule has 0 unspecified atom stereocenters. The standard InChI is InChI=1S/C17H33NO/c1-2-15-7-9-16(10-8-15)13-18-14-17(19)11-5-3-4-6-12-17/h15-16,18-19H,2-14H2,1H3. The molecule has 19 heavy (non-hydrogen) atoms. The molecule has 0 heterocycles. The van der Waals surface area contributed by atoms with Crippen LogP contribution in [-0.4, -0.2) is 23.8 Å². The molecular weight excluding hydrogens is 234 g/mol. The molecule has 0 amide bonds. The van der Waals surface area contributed by atoms with Crippen molar-refractivity contribution in [2.45, 2.75) is 83.2 Å². The summed E-state index contributed by atoms with van der Waals surface area (Å²) in [6, 6.07) is 0. The minimum absolute atomic E-state index is 0.406. The van der Waals surface area contributed by atoms with Crippen LogP contribution in [0.5, 0.6) is 0 Å². The second-order valence-corrected chi connectivity index (χ2v) is 7.06. The molecule has 2 heteroatoms. The van der Waals surface area contributed by atoms with E-state index in [1.54, 1.807) is 0 Å². The van der Waals surface area contributed by atoms with E-state index >= 15 is 0 Å². The fraction of sp³-hybridized carbons (Fsp3) is 1.00. The van der Waals surface area contributed by atoms with Crippen LogP contribution in [0.25, 0.3) is 0 Å². The summed E-state index contributed by atoms with van der Waals surface area (Å²) in [5.41, 5.74) is -0.406. The van der Waals surface area contributed by atoms with E-state index in [1.807, 2.05) is 0 Å². The molecule has 0 atom stereocenters. The quantitative estimate of drug-likeness (QED) is 0.741. The number of aliphatic hydroxyl groups is 1. The van der Waals surface area contributed by atoms with Gasteiger partial charge in [0.2, 0.25) is 0 Å². The van der Waals surface area contributed by atoms with Crippen molar-refractivity contribution in [3.05, 3.63) is 0 Å². The molecule has 2 aliphatic carbocycles. The first kappa shape index (κ1) is 15.3. The lowest BCUT2D eigenvalue weighted by molar-refractivity contribution is 0.0240. The van der Waals surface area contributed by atoms with Crippen LogP contribution < -0.4 is 5.32 Å². The molecule has 0 aliphatic heterocycles. The Hall–Kier alpha value is -0.0800. The Balaban J connectivity index is 1.63. The third kappa shape index (κ3) is 5.07. The first-order chi connectivity index (χ1) is 9.22. The summed E-state index contributed by atoms with van der Waals surface area (Å²) in [5.74, 6) is 1.85. The SMILES string of the molecule is CCC1CCC(CNCC2(O)CCCCCC2)CC1. The van der Waals surface area contributed by atoms with Crippen LogP contribution in [-0.2, 0) is 0 Å². The van der Waals surface area contributed by atoms with Crippen molar-refractivity contribution in [3.63, 3.8) is 0 Å². The average Bonchev–Trinajstić information content (AvgIpc) is 2.65. The van der Waals surface area contributed by atoms with Gasteiger partial charge in [-0.1, -0.05) is 51.9 Å². The molecule has 0 aromatic carbocycles. The van der Waals surface area contributed by atoms with Gasteiger partial charge in [0.1, 0.15) is 0 Å². The molecule has 0 aromatic rings. The Labute approximate surface area is 119 Å². The third-order valence-electron chi connectivity index (χ3n) is 5.47. The smallest absolute Gasteiger partial charge is 0.0771 e. The van der Waals surface area contributed by atoms with Crippen LogP contribution in [0, 0.1) is 11.8 Å². The predicted octanol–water partition coefficient (Wildman–Crippen LogP) is 3.88. The zero-order valence-electron chi connectivity index (χ0n) is 12.8. The first-order valence-electron chi connectivity index (χ1n) is 8.65. The van der Waals surface area contributed by atoms with Crippen LogP contribution >= 0.6 is 0 Å². The molecule has 2 aliphatic rings. The highest BCUT2D eigenvalue weighted by Gasteiger charge is 2.28. The van der Waals surface area contributed by atoms with E-state index < -0.39 is 5.60 Å². The largest absolute Gasteiger partial charge is 0.389 e. The van der Waals surface area contributed by atoms with E-state index in [-0.39, 0.29) is 0 Å². The van der Waals surface area contributed by atoms with Gasteiger partial charge in [0.15, 0.2) is 0 Å². The van der Waals surface area contributed by atoms with Crippen LogP contribution in [0.2, 0.25) is 0 Å². The summed E-state index contributed by atoms with van der Waals surface area (Å²) < 4.78 is 0. The summed E-state index contributed by atoms with van der Waals surface area (Å²) in [6.45, 7) is 4.27. The van der Waals surface area contributed by atoms with Crippen molar-refractivity contribution >= 4 is 0 Å². The zero-order valence-corrected chi connectivity index (χ0v) is 12.8. The molecule has 0 bridgehead atoms. The third-order valence-corrected chi connectivity index (χ3v) is 5.47. The summed E-state index contributed by atoms with van der Waals surface area (Å²) in [4.78, 5) is 0. The fourth-order valence-corrected chi connectivity index (χ4v) is 3.92. The minimum Gasteiger partial charge on any atom is -0.389 e. The minimum atomic E-state index is -0.406. The topological polar surface area (TPSA) is 32.3 Å². The van der Waals surface area contributed by atoms with Crippen LogP contribution in [0.15, 0.2) is 0 Å². The van der Waals surface area contributed by atoms with Gasteiger partial charge in [0.25, 0.3) is 0 Å². The normalized spacial score (nSPS) is 31.9. The van der Waals surface area contributed by atoms with Crippen molar-refractivity contribution in [3.8, 4) is 0 Å². The Morgan fingerprint density at radius 1 is 0.947 bits per heavy atom. The molecule has 2 N–H and O–H groups in total. The molecule has 2 saturated carbocycles. The fourth-order valence-electron chi connectivity index (χ4n) is 3.92. The molecule has 2 fully saturated rings. The van der Waals surface area contributed by atoms with Crippen LogP contribution in [0.4, 0.5) is 0 Å². The van der Waals surface area contributed by atoms with Gasteiger partial charge >= 0.3 is 0 Å². The van der Waals surface area contributed by atoms with Gasteiger partial charge in [0.05, 0.1) is 5.60 Å². The summed E-state index contributed by atoms with van der Waals surface area (Å²) in [5, 5.41) is 14.2. The number of nitrogens with one attached hydrogen (secondary N) is 1. The highest BCUT2D eigenvalue weighted by molar-refractivity contribution is 4.84. The van der Waals surface area contributed by atoms with Crippen molar-refractivity contribution in [1.82, 2.24) is 5.32 Å². The van der Waals surface area contributed by atoms with E-state index in [1.165, 1.54) is 57.8 Å². The van der Waals surface area contributed by atoms with Crippen molar-refractivity contribution in [2.24, 2.45) is 11.8 Å². The van der Waals surface area contributed by atoms with Gasteiger partial charge in [-0.15, -0.1) is 0 Å². The second kappa shape index (κ2) is 7.64. The predicted molar refractivity (Wildman–Crippen MR) is 81.3 cm³/mol. The zero-order chi connectivity index (χ0) is 13.6. The maximum Gasteiger partial charge on any atom is 0.0771 e. The lowest BCUT2D eigenvalue weighted by Gasteiger charge is -2.31. The van der Waals surface area contributed by atoms with Gasteiger partial charge in [-0.25, -0.2) is 0 Å². The Bertz CT molecular complexity index is 238. The van der Waals surface area contributed by atoms with E-state index in [0.29, 0.717) is 0 Å². The van der Waals surface area contributed by atoms with Crippen molar-refractivity contribution in [1.29, 1.82) is 0 Å². The van der Waals surface area contributed by atoms with Gasteiger partial charge in [0, 0.05) is 6.54 Å². The van der Waals surface area contributed by atoms with Gasteiger partial charge in [-0.3, -0.25) is 0 Å². The molecule has 0 spiro atoms. The van der Waals surface area contributed by atoms with E-state index in [2.05, 4.69) is 12.2 Å². The highest BCUT2D eigenvalue weighted by Crippen LogP contribution is 2.30. The van der Waals surface area contributed by atoms with E-state index in [4.69, 9.17) is 0 Å². The summed E-state index contributed by atoms with van der Waals surface area (Å²) in [7, 11) is 0. The molecule has 0 radical (unpaired) electrons. The summed E-state index contributed by atoms with van der Waals surface area (Å²) >= 11 is 0. The maximum absolute atomic E-state index is 10.6. The number of hydrogen-bond acceptors (Lipinski definition) is 2. The Kier molecular flexibility index (Phi) is 6.15. The molecular formula is C17H33NO. The molecule has 0 saturated heterocycles. The monoisotopic (exact) mass is 267 g/mol. The molecule has 2 rings (SSSR count). The molecule has 112 valence electrons. The maximum atomic E-state index is 10.6. The van der Waals surface area contributed by atoms with Gasteiger partial charge in [-0.2, -0.15) is 0 Å².